The molecule has 3 nitrogen and oxygen atoms in total. The Morgan fingerprint density at radius 2 is 2.21 bits per heavy atom. The van der Waals surface area contributed by atoms with Gasteiger partial charge >= 0.3 is 5.97 Å². The smallest absolute Gasteiger partial charge is 0.336 e. The minimum absolute atomic E-state index is 0.396. The fourth-order valence-electron chi connectivity index (χ4n) is 2.42. The number of rotatable bonds is 5. The third-order valence-corrected chi connectivity index (χ3v) is 4.20. The molecule has 0 unspecified atom stereocenters. The van der Waals surface area contributed by atoms with E-state index in [-0.39, 0.29) is 0 Å². The summed E-state index contributed by atoms with van der Waals surface area (Å²) in [5.41, 5.74) is 1.10. The number of pyridine rings is 1. The van der Waals surface area contributed by atoms with Gasteiger partial charge in [0.25, 0.3) is 0 Å². The van der Waals surface area contributed by atoms with E-state index in [9.17, 15) is 9.90 Å². The van der Waals surface area contributed by atoms with E-state index >= 15 is 0 Å². The summed E-state index contributed by atoms with van der Waals surface area (Å²) < 4.78 is 0. The van der Waals surface area contributed by atoms with Gasteiger partial charge in [-0.2, -0.15) is 0 Å². The molecule has 0 amide bonds. The first-order chi connectivity index (χ1) is 9.20. The van der Waals surface area contributed by atoms with Crippen LogP contribution in [-0.2, 0) is 4.79 Å². The number of carbonyl (C=O) groups is 1. The van der Waals surface area contributed by atoms with Gasteiger partial charge in [-0.05, 0) is 36.6 Å². The molecule has 0 bridgehead atoms. The van der Waals surface area contributed by atoms with Gasteiger partial charge in [0.15, 0.2) is 0 Å². The second-order valence-corrected chi connectivity index (χ2v) is 6.03. The fourth-order valence-corrected chi connectivity index (χ4v) is 3.01. The van der Waals surface area contributed by atoms with E-state index < -0.39 is 5.97 Å². The lowest BCUT2D eigenvalue weighted by atomic mass is 10.00. The van der Waals surface area contributed by atoms with E-state index in [1.54, 1.807) is 18.0 Å². The van der Waals surface area contributed by atoms with Gasteiger partial charge in [-0.3, -0.25) is 0 Å². The lowest BCUT2D eigenvalue weighted by Crippen LogP contribution is -2.03. The van der Waals surface area contributed by atoms with Gasteiger partial charge in [-0.15, -0.1) is 11.8 Å². The second-order valence-electron chi connectivity index (χ2n) is 4.75. The molecule has 0 spiro atoms. The third-order valence-electron chi connectivity index (χ3n) is 3.37. The molecule has 2 rings (SSSR count). The van der Waals surface area contributed by atoms with Gasteiger partial charge < -0.3 is 5.11 Å². The summed E-state index contributed by atoms with van der Waals surface area (Å²) in [6.07, 6.45) is 8.21. The average molecular weight is 277 g/mol. The van der Waals surface area contributed by atoms with Gasteiger partial charge in [-0.25, -0.2) is 9.78 Å². The maximum atomic E-state index is 11.4. The molecule has 0 aliphatic heterocycles. The Morgan fingerprint density at radius 3 is 2.74 bits per heavy atom. The monoisotopic (exact) mass is 277 g/mol. The topological polar surface area (TPSA) is 50.2 Å². The highest BCUT2D eigenvalue weighted by Gasteiger charge is 2.17. The van der Waals surface area contributed by atoms with Crippen LogP contribution in [0.2, 0.25) is 0 Å². The molecule has 1 aliphatic carbocycles. The van der Waals surface area contributed by atoms with E-state index in [0.717, 1.165) is 23.6 Å². The van der Waals surface area contributed by atoms with E-state index in [4.69, 9.17) is 0 Å². The first kappa shape index (κ1) is 14.1. The number of carboxylic acid groups (broad SMARTS) is 1. The van der Waals surface area contributed by atoms with Crippen molar-refractivity contribution >= 4 is 23.3 Å². The van der Waals surface area contributed by atoms with Crippen molar-refractivity contribution in [1.29, 1.82) is 0 Å². The highest BCUT2D eigenvalue weighted by Crippen LogP contribution is 2.29. The van der Waals surface area contributed by atoms with Crippen molar-refractivity contribution in [3.05, 3.63) is 30.0 Å². The quantitative estimate of drug-likeness (QED) is 0.656. The summed E-state index contributed by atoms with van der Waals surface area (Å²) in [7, 11) is 0. The van der Waals surface area contributed by atoms with Crippen LogP contribution in [0.5, 0.6) is 0 Å². The molecule has 1 aromatic rings. The van der Waals surface area contributed by atoms with Crippen LogP contribution < -0.4 is 0 Å². The van der Waals surface area contributed by atoms with Crippen LogP contribution in [0, 0.1) is 5.92 Å². The molecule has 0 aromatic carbocycles. The number of nitrogens with zero attached hydrogens (tertiary/aromatic N) is 1. The normalized spacial score (nSPS) is 16.8. The lowest BCUT2D eigenvalue weighted by molar-refractivity contribution is -0.130. The number of thioether (sulfide) groups is 1. The van der Waals surface area contributed by atoms with Gasteiger partial charge in [0.2, 0.25) is 0 Å². The van der Waals surface area contributed by atoms with Gasteiger partial charge in [0.05, 0.1) is 10.6 Å². The van der Waals surface area contributed by atoms with Crippen molar-refractivity contribution in [3.63, 3.8) is 0 Å². The molecule has 102 valence electrons. The number of hydrogen-bond donors (Lipinski definition) is 1. The average Bonchev–Trinajstić information content (AvgIpc) is 2.90. The molecule has 0 saturated heterocycles. The predicted molar refractivity (Wildman–Crippen MR) is 78.2 cm³/mol. The zero-order valence-corrected chi connectivity index (χ0v) is 11.9. The lowest BCUT2D eigenvalue weighted by Gasteiger charge is -2.07. The molecule has 0 atom stereocenters. The van der Waals surface area contributed by atoms with Crippen molar-refractivity contribution in [2.45, 2.75) is 37.6 Å². The first-order valence-electron chi connectivity index (χ1n) is 6.75. The van der Waals surface area contributed by atoms with E-state index in [2.05, 4.69) is 11.9 Å². The SMILES string of the molecule is CCSc1ccc(C(=CC2CCCC2)C(=O)O)cn1. The zero-order valence-electron chi connectivity index (χ0n) is 11.1. The highest BCUT2D eigenvalue weighted by atomic mass is 32.2. The predicted octanol–water partition coefficient (Wildman–Crippen LogP) is 3.85. The Kier molecular flexibility index (Phi) is 5.02. The zero-order chi connectivity index (χ0) is 13.7. The second kappa shape index (κ2) is 6.75. The summed E-state index contributed by atoms with van der Waals surface area (Å²) >= 11 is 1.66. The summed E-state index contributed by atoms with van der Waals surface area (Å²) in [6, 6.07) is 3.76. The van der Waals surface area contributed by atoms with Crippen LogP contribution in [0.15, 0.2) is 29.4 Å². The maximum absolute atomic E-state index is 11.4. The number of aromatic nitrogens is 1. The Morgan fingerprint density at radius 1 is 1.47 bits per heavy atom. The largest absolute Gasteiger partial charge is 0.478 e. The summed E-state index contributed by atoms with van der Waals surface area (Å²) in [6.45, 7) is 2.07. The Bertz CT molecular complexity index is 462. The summed E-state index contributed by atoms with van der Waals surface area (Å²) in [5, 5.41) is 10.3. The molecule has 19 heavy (non-hydrogen) atoms. The summed E-state index contributed by atoms with van der Waals surface area (Å²) in [5.74, 6) is 0.524. The number of carboxylic acids is 1. The van der Waals surface area contributed by atoms with Crippen LogP contribution in [0.3, 0.4) is 0 Å². The molecule has 0 radical (unpaired) electrons. The van der Waals surface area contributed by atoms with Crippen LogP contribution in [0.4, 0.5) is 0 Å². The van der Waals surface area contributed by atoms with Crippen LogP contribution >= 0.6 is 11.8 Å². The van der Waals surface area contributed by atoms with Crippen LogP contribution in [0.1, 0.15) is 38.2 Å². The molecule has 1 saturated carbocycles. The van der Waals surface area contributed by atoms with Crippen LogP contribution in [0.25, 0.3) is 5.57 Å². The molecule has 1 aliphatic rings. The molecule has 4 heteroatoms. The minimum atomic E-state index is -0.857. The number of hydrogen-bond acceptors (Lipinski definition) is 3. The van der Waals surface area contributed by atoms with Crippen molar-refractivity contribution in [2.75, 3.05) is 5.75 Å². The van der Waals surface area contributed by atoms with Gasteiger partial charge in [-0.1, -0.05) is 25.8 Å². The van der Waals surface area contributed by atoms with Crippen LogP contribution in [-0.4, -0.2) is 21.8 Å². The fraction of sp³-hybridized carbons (Fsp3) is 0.467. The van der Waals surface area contributed by atoms with Crippen molar-refractivity contribution in [2.24, 2.45) is 5.92 Å². The van der Waals surface area contributed by atoms with Crippen molar-refractivity contribution < 1.29 is 9.90 Å². The highest BCUT2D eigenvalue weighted by molar-refractivity contribution is 7.99. The molecular weight excluding hydrogens is 258 g/mol. The van der Waals surface area contributed by atoms with Gasteiger partial charge in [0.1, 0.15) is 0 Å². The third kappa shape index (κ3) is 3.83. The van der Waals surface area contributed by atoms with E-state index in [1.165, 1.54) is 12.8 Å². The number of aliphatic carboxylic acids is 1. The number of allylic oxidation sites excluding steroid dienone is 1. The first-order valence-corrected chi connectivity index (χ1v) is 7.73. The molecule has 1 N–H and O–H groups in total. The van der Waals surface area contributed by atoms with Crippen molar-refractivity contribution in [3.8, 4) is 0 Å². The molecule has 1 aromatic heterocycles. The minimum Gasteiger partial charge on any atom is -0.478 e. The molecule has 1 heterocycles. The molecule has 1 fully saturated rings. The Balaban J connectivity index is 2.20. The summed E-state index contributed by atoms with van der Waals surface area (Å²) in [4.78, 5) is 15.7. The Hall–Kier alpha value is -1.29. The van der Waals surface area contributed by atoms with Crippen molar-refractivity contribution in [1.82, 2.24) is 4.98 Å². The standard InChI is InChI=1S/C15H19NO2S/c1-2-19-14-8-7-12(10-16-14)13(15(17)18)9-11-5-3-4-6-11/h7-11H,2-6H2,1H3,(H,17,18). The van der Waals surface area contributed by atoms with E-state index in [1.807, 2.05) is 18.2 Å². The Labute approximate surface area is 118 Å². The van der Waals surface area contributed by atoms with E-state index in [0.29, 0.717) is 17.1 Å². The maximum Gasteiger partial charge on any atom is 0.336 e. The van der Waals surface area contributed by atoms with Gasteiger partial charge in [0, 0.05) is 11.8 Å². The molecular formula is C15H19NO2S.